The molecule has 1 atom stereocenters. The smallest absolute Gasteiger partial charge is 0.0456 e. The molecule has 0 amide bonds. The average Bonchev–Trinajstić information content (AvgIpc) is 3.12. The summed E-state index contributed by atoms with van der Waals surface area (Å²) in [5.41, 5.74) is 3.05. The Morgan fingerprint density at radius 3 is 3.10 bits per heavy atom. The summed E-state index contributed by atoms with van der Waals surface area (Å²) in [7, 11) is 0. The Labute approximate surface area is 133 Å². The van der Waals surface area contributed by atoms with E-state index in [0.717, 1.165) is 13.0 Å². The number of hydrogen-bond donors (Lipinski definition) is 1. The fourth-order valence-corrected chi connectivity index (χ4v) is 5.71. The quantitative estimate of drug-likeness (QED) is 0.813. The first-order valence-electron chi connectivity index (χ1n) is 7.30. The molecule has 2 aromatic heterocycles. The summed E-state index contributed by atoms with van der Waals surface area (Å²) in [6.45, 7) is 3.34. The third-order valence-electron chi connectivity index (χ3n) is 3.65. The number of fused-ring (bicyclic) bond motifs is 1. The highest BCUT2D eigenvalue weighted by Gasteiger charge is 2.19. The summed E-state index contributed by atoms with van der Waals surface area (Å²) in [5, 5.41) is 8.21. The maximum atomic E-state index is 3.74. The van der Waals surface area contributed by atoms with Crippen molar-refractivity contribution in [2.75, 3.05) is 12.3 Å². The highest BCUT2D eigenvalue weighted by atomic mass is 32.2. The maximum Gasteiger partial charge on any atom is 0.0456 e. The van der Waals surface area contributed by atoms with Gasteiger partial charge in [0, 0.05) is 21.5 Å². The lowest BCUT2D eigenvalue weighted by atomic mass is 10.1. The highest BCUT2D eigenvalue weighted by Crippen LogP contribution is 2.35. The van der Waals surface area contributed by atoms with Gasteiger partial charge in [-0.2, -0.15) is 23.1 Å². The SMILES string of the molecule is CCCNC(Cc1ccsc1)c1cc2c(s1)CCSC2. The summed E-state index contributed by atoms with van der Waals surface area (Å²) in [4.78, 5) is 3.17. The predicted molar refractivity (Wildman–Crippen MR) is 93.2 cm³/mol. The molecule has 3 heterocycles. The minimum Gasteiger partial charge on any atom is -0.309 e. The van der Waals surface area contributed by atoms with Crippen molar-refractivity contribution in [2.45, 2.75) is 38.0 Å². The van der Waals surface area contributed by atoms with Gasteiger partial charge in [-0.05, 0) is 65.6 Å². The van der Waals surface area contributed by atoms with Crippen LogP contribution in [0.4, 0.5) is 0 Å². The Bertz CT molecular complexity index is 506. The van der Waals surface area contributed by atoms with Crippen LogP contribution in [0.5, 0.6) is 0 Å². The molecule has 0 saturated heterocycles. The Balaban J connectivity index is 1.78. The molecule has 20 heavy (non-hydrogen) atoms. The normalized spacial score (nSPS) is 16.1. The second-order valence-corrected chi connectivity index (χ2v) is 8.30. The van der Waals surface area contributed by atoms with Crippen LogP contribution < -0.4 is 5.32 Å². The van der Waals surface area contributed by atoms with Crippen LogP contribution in [-0.4, -0.2) is 12.3 Å². The van der Waals surface area contributed by atoms with Crippen LogP contribution in [0.3, 0.4) is 0 Å². The van der Waals surface area contributed by atoms with Crippen molar-refractivity contribution in [3.63, 3.8) is 0 Å². The lowest BCUT2D eigenvalue weighted by Crippen LogP contribution is -2.23. The second-order valence-electron chi connectivity index (χ2n) is 5.24. The van der Waals surface area contributed by atoms with Gasteiger partial charge in [-0.3, -0.25) is 0 Å². The van der Waals surface area contributed by atoms with Crippen LogP contribution in [0.2, 0.25) is 0 Å². The Morgan fingerprint density at radius 1 is 1.40 bits per heavy atom. The summed E-state index contributed by atoms with van der Waals surface area (Å²) >= 11 is 5.92. The van der Waals surface area contributed by atoms with E-state index in [1.165, 1.54) is 34.8 Å². The topological polar surface area (TPSA) is 12.0 Å². The molecular weight excluding hydrogens is 302 g/mol. The van der Waals surface area contributed by atoms with Gasteiger partial charge in [0.1, 0.15) is 0 Å². The molecule has 1 unspecified atom stereocenters. The fraction of sp³-hybridized carbons (Fsp3) is 0.500. The number of thiophene rings is 2. The third-order valence-corrected chi connectivity index (χ3v) is 6.74. The Kier molecular flexibility index (Phi) is 5.21. The molecule has 4 heteroatoms. The summed E-state index contributed by atoms with van der Waals surface area (Å²) in [6.07, 6.45) is 3.58. The van der Waals surface area contributed by atoms with Crippen LogP contribution in [0.15, 0.2) is 22.9 Å². The molecular formula is C16H21NS3. The van der Waals surface area contributed by atoms with Gasteiger partial charge in [0.15, 0.2) is 0 Å². The molecule has 0 fully saturated rings. The van der Waals surface area contributed by atoms with Crippen LogP contribution >= 0.6 is 34.4 Å². The van der Waals surface area contributed by atoms with E-state index >= 15 is 0 Å². The van der Waals surface area contributed by atoms with Crippen molar-refractivity contribution < 1.29 is 0 Å². The molecule has 0 aromatic carbocycles. The van der Waals surface area contributed by atoms with Crippen molar-refractivity contribution in [1.82, 2.24) is 5.32 Å². The van der Waals surface area contributed by atoms with Gasteiger partial charge >= 0.3 is 0 Å². The average molecular weight is 324 g/mol. The van der Waals surface area contributed by atoms with Crippen molar-refractivity contribution >= 4 is 34.4 Å². The minimum atomic E-state index is 0.491. The van der Waals surface area contributed by atoms with E-state index in [-0.39, 0.29) is 0 Å². The Morgan fingerprint density at radius 2 is 2.35 bits per heavy atom. The van der Waals surface area contributed by atoms with Crippen LogP contribution in [0, 0.1) is 0 Å². The van der Waals surface area contributed by atoms with Gasteiger partial charge in [-0.1, -0.05) is 6.92 Å². The number of thioether (sulfide) groups is 1. The minimum absolute atomic E-state index is 0.491. The van der Waals surface area contributed by atoms with Crippen LogP contribution in [-0.2, 0) is 18.6 Å². The van der Waals surface area contributed by atoms with Gasteiger partial charge in [0.25, 0.3) is 0 Å². The third kappa shape index (κ3) is 3.48. The lowest BCUT2D eigenvalue weighted by Gasteiger charge is -2.16. The second kappa shape index (κ2) is 7.12. The molecule has 1 aliphatic rings. The monoisotopic (exact) mass is 323 g/mol. The van der Waals surface area contributed by atoms with Crippen LogP contribution in [0.1, 0.15) is 40.3 Å². The molecule has 0 aliphatic carbocycles. The van der Waals surface area contributed by atoms with E-state index in [0.29, 0.717) is 6.04 Å². The van der Waals surface area contributed by atoms with E-state index in [1.807, 2.05) is 11.3 Å². The molecule has 3 rings (SSSR count). The largest absolute Gasteiger partial charge is 0.309 e. The molecule has 108 valence electrons. The van der Waals surface area contributed by atoms with Crippen LogP contribution in [0.25, 0.3) is 0 Å². The van der Waals surface area contributed by atoms with Gasteiger partial charge in [0.05, 0.1) is 0 Å². The number of nitrogens with one attached hydrogen (secondary N) is 1. The van der Waals surface area contributed by atoms with Gasteiger partial charge in [-0.25, -0.2) is 0 Å². The summed E-state index contributed by atoms with van der Waals surface area (Å²) < 4.78 is 0. The molecule has 0 radical (unpaired) electrons. The first-order chi connectivity index (χ1) is 9.86. The molecule has 1 N–H and O–H groups in total. The number of rotatable bonds is 6. The first kappa shape index (κ1) is 14.6. The molecule has 0 spiro atoms. The van der Waals surface area contributed by atoms with Gasteiger partial charge in [0.2, 0.25) is 0 Å². The molecule has 1 nitrogen and oxygen atoms in total. The van der Waals surface area contributed by atoms with E-state index in [4.69, 9.17) is 0 Å². The standard InChI is InChI=1S/C16H21NS3/c1-2-5-17-14(8-12-3-6-18-10-12)16-9-13-11-19-7-4-15(13)20-16/h3,6,9-10,14,17H,2,4-5,7-8,11H2,1H3. The predicted octanol–water partition coefficient (Wildman–Crippen LogP) is 4.88. The van der Waals surface area contributed by atoms with Crippen molar-refractivity contribution in [3.8, 4) is 0 Å². The number of aryl methyl sites for hydroxylation is 1. The number of hydrogen-bond acceptors (Lipinski definition) is 4. The molecule has 1 aliphatic heterocycles. The molecule has 0 bridgehead atoms. The van der Waals surface area contributed by atoms with E-state index < -0.39 is 0 Å². The molecule has 0 saturated carbocycles. The summed E-state index contributed by atoms with van der Waals surface area (Å²) in [5.74, 6) is 2.51. The fourth-order valence-electron chi connectivity index (χ4n) is 2.58. The zero-order chi connectivity index (χ0) is 13.8. The maximum absolute atomic E-state index is 3.74. The Hall–Kier alpha value is -0.290. The van der Waals surface area contributed by atoms with Gasteiger partial charge < -0.3 is 5.32 Å². The van der Waals surface area contributed by atoms with Crippen molar-refractivity contribution in [1.29, 1.82) is 0 Å². The first-order valence-corrected chi connectivity index (χ1v) is 10.2. The van der Waals surface area contributed by atoms with E-state index in [9.17, 15) is 0 Å². The lowest BCUT2D eigenvalue weighted by molar-refractivity contribution is 0.537. The van der Waals surface area contributed by atoms with Crippen molar-refractivity contribution in [2.24, 2.45) is 0 Å². The molecule has 2 aromatic rings. The van der Waals surface area contributed by atoms with Gasteiger partial charge in [-0.15, -0.1) is 11.3 Å². The van der Waals surface area contributed by atoms with E-state index in [1.54, 1.807) is 21.8 Å². The highest BCUT2D eigenvalue weighted by molar-refractivity contribution is 7.98. The zero-order valence-corrected chi connectivity index (χ0v) is 14.3. The summed E-state index contributed by atoms with van der Waals surface area (Å²) in [6, 6.07) is 5.21. The van der Waals surface area contributed by atoms with E-state index in [2.05, 4.69) is 46.9 Å². The van der Waals surface area contributed by atoms with Crippen molar-refractivity contribution in [3.05, 3.63) is 43.8 Å². The zero-order valence-electron chi connectivity index (χ0n) is 11.9.